The molecule has 0 atom stereocenters. The van der Waals surface area contributed by atoms with Crippen LogP contribution in [0.1, 0.15) is 38.7 Å². The standard InChI is InChI=1S/C17H20ClF3N2O4/c1-3-26-15(24)7-5-6-14(16(25)27-4-2)23-22-13-9-8-11(10-12(13)18)17(19,20)21/h8-10,22H,3-7H2,1-2H3/b23-14+. The van der Waals surface area contributed by atoms with Crippen LogP contribution in [-0.2, 0) is 25.2 Å². The first-order valence-corrected chi connectivity index (χ1v) is 8.58. The smallest absolute Gasteiger partial charge is 0.416 e. The monoisotopic (exact) mass is 408 g/mol. The fourth-order valence-corrected chi connectivity index (χ4v) is 2.18. The van der Waals surface area contributed by atoms with Gasteiger partial charge in [0.15, 0.2) is 0 Å². The van der Waals surface area contributed by atoms with Gasteiger partial charge in [-0.2, -0.15) is 18.3 Å². The number of hydrazone groups is 1. The summed E-state index contributed by atoms with van der Waals surface area (Å²) in [5.41, 5.74) is 1.64. The highest BCUT2D eigenvalue weighted by atomic mass is 35.5. The van der Waals surface area contributed by atoms with Crippen LogP contribution in [0.25, 0.3) is 0 Å². The minimum atomic E-state index is -4.52. The van der Waals surface area contributed by atoms with E-state index in [1.807, 2.05) is 0 Å². The van der Waals surface area contributed by atoms with Crippen LogP contribution in [0.5, 0.6) is 0 Å². The van der Waals surface area contributed by atoms with E-state index < -0.39 is 23.7 Å². The topological polar surface area (TPSA) is 77.0 Å². The van der Waals surface area contributed by atoms with Crippen molar-refractivity contribution in [1.29, 1.82) is 0 Å². The second-order valence-electron chi connectivity index (χ2n) is 5.24. The Kier molecular flexibility index (Phi) is 9.07. The molecule has 0 amide bonds. The van der Waals surface area contributed by atoms with Crippen molar-refractivity contribution >= 4 is 34.9 Å². The Morgan fingerprint density at radius 3 is 2.37 bits per heavy atom. The zero-order valence-corrected chi connectivity index (χ0v) is 15.6. The van der Waals surface area contributed by atoms with E-state index in [4.69, 9.17) is 21.1 Å². The average molecular weight is 409 g/mol. The molecule has 0 saturated heterocycles. The number of halogens is 4. The van der Waals surface area contributed by atoms with Crippen LogP contribution in [0.15, 0.2) is 23.3 Å². The molecule has 0 radical (unpaired) electrons. The SMILES string of the molecule is CCOC(=O)CCC/C(=N\Nc1ccc(C(F)(F)F)cc1Cl)C(=O)OCC. The first-order chi connectivity index (χ1) is 12.7. The Balaban J connectivity index is 2.85. The number of nitrogens with zero attached hydrogens (tertiary/aromatic N) is 1. The van der Waals surface area contributed by atoms with Gasteiger partial charge >= 0.3 is 18.1 Å². The summed E-state index contributed by atoms with van der Waals surface area (Å²) in [4.78, 5) is 23.3. The van der Waals surface area contributed by atoms with Crippen LogP contribution in [0.3, 0.4) is 0 Å². The maximum atomic E-state index is 12.7. The lowest BCUT2D eigenvalue weighted by molar-refractivity contribution is -0.143. The lowest BCUT2D eigenvalue weighted by Gasteiger charge is -2.11. The van der Waals surface area contributed by atoms with E-state index in [1.165, 1.54) is 0 Å². The third-order valence-electron chi connectivity index (χ3n) is 3.22. The highest BCUT2D eigenvalue weighted by Gasteiger charge is 2.30. The predicted molar refractivity (Wildman–Crippen MR) is 94.6 cm³/mol. The number of nitrogens with one attached hydrogen (secondary N) is 1. The normalized spacial score (nSPS) is 11.9. The number of carbonyl (C=O) groups excluding carboxylic acids is 2. The van der Waals surface area contributed by atoms with Gasteiger partial charge in [-0.1, -0.05) is 11.6 Å². The summed E-state index contributed by atoms with van der Waals surface area (Å²) in [6, 6.07) is 2.70. The van der Waals surface area contributed by atoms with Gasteiger partial charge in [0, 0.05) is 6.42 Å². The first-order valence-electron chi connectivity index (χ1n) is 8.21. The van der Waals surface area contributed by atoms with Crippen molar-refractivity contribution < 1.29 is 32.2 Å². The van der Waals surface area contributed by atoms with Crippen LogP contribution in [-0.4, -0.2) is 30.9 Å². The molecule has 0 bridgehead atoms. The lowest BCUT2D eigenvalue weighted by Crippen LogP contribution is -2.19. The van der Waals surface area contributed by atoms with Crippen molar-refractivity contribution in [2.45, 2.75) is 39.3 Å². The molecule has 0 saturated carbocycles. The van der Waals surface area contributed by atoms with E-state index >= 15 is 0 Å². The van der Waals surface area contributed by atoms with Crippen LogP contribution in [0.2, 0.25) is 5.02 Å². The third-order valence-corrected chi connectivity index (χ3v) is 3.53. The fraction of sp³-hybridized carbons (Fsp3) is 0.471. The minimum absolute atomic E-state index is 0.0166. The van der Waals surface area contributed by atoms with Crippen LogP contribution >= 0.6 is 11.6 Å². The summed E-state index contributed by atoms with van der Waals surface area (Å²) in [6.07, 6.45) is -4.02. The van der Waals surface area contributed by atoms with Gasteiger partial charge in [-0.3, -0.25) is 10.2 Å². The van der Waals surface area contributed by atoms with Gasteiger partial charge in [0.1, 0.15) is 5.71 Å². The second kappa shape index (κ2) is 10.8. The molecule has 0 aliphatic carbocycles. The summed E-state index contributed by atoms with van der Waals surface area (Å²) in [6.45, 7) is 3.68. The van der Waals surface area contributed by atoms with E-state index in [9.17, 15) is 22.8 Å². The highest BCUT2D eigenvalue weighted by Crippen LogP contribution is 2.33. The number of rotatable bonds is 9. The van der Waals surface area contributed by atoms with Crippen molar-refractivity contribution in [1.82, 2.24) is 0 Å². The zero-order chi connectivity index (χ0) is 20.4. The van der Waals surface area contributed by atoms with Gasteiger partial charge in [0.05, 0.1) is 29.5 Å². The Morgan fingerprint density at radius 2 is 1.81 bits per heavy atom. The Morgan fingerprint density at radius 1 is 1.15 bits per heavy atom. The highest BCUT2D eigenvalue weighted by molar-refractivity contribution is 6.36. The number of alkyl halides is 3. The molecule has 0 aliphatic heterocycles. The molecule has 0 aliphatic rings. The maximum Gasteiger partial charge on any atom is 0.416 e. The molecule has 150 valence electrons. The molecule has 0 fully saturated rings. The van der Waals surface area contributed by atoms with Gasteiger partial charge < -0.3 is 9.47 Å². The molecule has 1 aromatic rings. The van der Waals surface area contributed by atoms with Crippen LogP contribution in [0, 0.1) is 0 Å². The Bertz CT molecular complexity index is 693. The number of ether oxygens (including phenoxy) is 2. The summed E-state index contributed by atoms with van der Waals surface area (Å²) in [7, 11) is 0. The van der Waals surface area contributed by atoms with Crippen molar-refractivity contribution in [3.8, 4) is 0 Å². The number of hydrogen-bond donors (Lipinski definition) is 1. The number of benzene rings is 1. The van der Waals surface area contributed by atoms with Crippen molar-refractivity contribution in [3.63, 3.8) is 0 Å². The fourth-order valence-electron chi connectivity index (χ4n) is 1.96. The van der Waals surface area contributed by atoms with Gasteiger partial charge in [-0.05, 0) is 44.9 Å². The average Bonchev–Trinajstić information content (AvgIpc) is 2.58. The molecule has 0 spiro atoms. The molecule has 6 nitrogen and oxygen atoms in total. The summed E-state index contributed by atoms with van der Waals surface area (Å²) >= 11 is 5.83. The minimum Gasteiger partial charge on any atom is -0.466 e. The largest absolute Gasteiger partial charge is 0.466 e. The number of carbonyl (C=O) groups is 2. The molecule has 1 N–H and O–H groups in total. The number of hydrogen-bond acceptors (Lipinski definition) is 6. The van der Waals surface area contributed by atoms with Crippen molar-refractivity contribution in [2.24, 2.45) is 5.10 Å². The number of anilines is 1. The van der Waals surface area contributed by atoms with Gasteiger partial charge in [-0.25, -0.2) is 4.79 Å². The van der Waals surface area contributed by atoms with Gasteiger partial charge in [-0.15, -0.1) is 0 Å². The van der Waals surface area contributed by atoms with E-state index in [1.54, 1.807) is 13.8 Å². The summed E-state index contributed by atoms with van der Waals surface area (Å²) < 4.78 is 47.7. The first kappa shape index (κ1) is 22.8. The maximum absolute atomic E-state index is 12.7. The molecular weight excluding hydrogens is 389 g/mol. The molecule has 27 heavy (non-hydrogen) atoms. The molecule has 0 heterocycles. The predicted octanol–water partition coefficient (Wildman–Crippen LogP) is 4.42. The molecule has 10 heteroatoms. The van der Waals surface area contributed by atoms with Gasteiger partial charge in [0.2, 0.25) is 0 Å². The molecule has 0 unspecified atom stereocenters. The zero-order valence-electron chi connectivity index (χ0n) is 14.9. The van der Waals surface area contributed by atoms with E-state index in [-0.39, 0.29) is 42.5 Å². The van der Waals surface area contributed by atoms with E-state index in [0.29, 0.717) is 6.42 Å². The molecule has 1 rings (SSSR count). The third kappa shape index (κ3) is 7.86. The quantitative estimate of drug-likeness (QED) is 0.372. The Hall–Kier alpha value is -2.29. The second-order valence-corrected chi connectivity index (χ2v) is 5.65. The molecular formula is C17H20ClF3N2O4. The molecule has 1 aromatic carbocycles. The Labute approximate surface area is 159 Å². The van der Waals surface area contributed by atoms with Crippen LogP contribution in [0.4, 0.5) is 18.9 Å². The summed E-state index contributed by atoms with van der Waals surface area (Å²) in [5.74, 6) is -1.10. The lowest BCUT2D eigenvalue weighted by atomic mass is 10.1. The van der Waals surface area contributed by atoms with Crippen molar-refractivity contribution in [3.05, 3.63) is 28.8 Å². The van der Waals surface area contributed by atoms with Gasteiger partial charge in [0.25, 0.3) is 0 Å². The van der Waals surface area contributed by atoms with E-state index in [0.717, 1.165) is 18.2 Å². The van der Waals surface area contributed by atoms with Crippen LogP contribution < -0.4 is 5.43 Å². The summed E-state index contributed by atoms with van der Waals surface area (Å²) in [5, 5.41) is 3.68. The van der Waals surface area contributed by atoms with E-state index in [2.05, 4.69) is 10.5 Å². The van der Waals surface area contributed by atoms with Crippen molar-refractivity contribution in [2.75, 3.05) is 18.6 Å². The molecule has 0 aromatic heterocycles. The number of esters is 2.